The van der Waals surface area contributed by atoms with Crippen molar-refractivity contribution in [2.75, 3.05) is 14.2 Å². The third-order valence-electron chi connectivity index (χ3n) is 8.24. The summed E-state index contributed by atoms with van der Waals surface area (Å²) >= 11 is 0. The molecule has 0 amide bonds. The SMILES string of the molecule is COc1cc(/C=C/C(=O)/C=C(O)/C=C/c2ccc(OC(=O)C34CC5CC(CC(C5)C3)C4)c(OC)c2)ccc1O. The van der Waals surface area contributed by atoms with Crippen molar-refractivity contribution in [1.82, 2.24) is 0 Å². The fourth-order valence-corrected chi connectivity index (χ4v) is 6.84. The van der Waals surface area contributed by atoms with Gasteiger partial charge in [-0.3, -0.25) is 9.59 Å². The van der Waals surface area contributed by atoms with E-state index in [9.17, 15) is 19.8 Å². The number of methoxy groups -OCH3 is 2. The quantitative estimate of drug-likeness (QED) is 0.130. The number of benzene rings is 2. The summed E-state index contributed by atoms with van der Waals surface area (Å²) in [6, 6.07) is 9.92. The van der Waals surface area contributed by atoms with Crippen molar-refractivity contribution in [3.8, 4) is 23.0 Å². The molecular weight excluding hydrogens is 496 g/mol. The second-order valence-electron chi connectivity index (χ2n) is 11.1. The largest absolute Gasteiger partial charge is 0.508 e. The molecule has 7 heteroatoms. The van der Waals surface area contributed by atoms with Crippen LogP contribution in [0.4, 0.5) is 0 Å². The molecule has 0 heterocycles. The van der Waals surface area contributed by atoms with E-state index < -0.39 is 5.78 Å². The summed E-state index contributed by atoms with van der Waals surface area (Å²) in [6.07, 6.45) is 13.6. The first-order valence-electron chi connectivity index (χ1n) is 13.3. The molecule has 0 saturated heterocycles. The second-order valence-corrected chi connectivity index (χ2v) is 11.1. The van der Waals surface area contributed by atoms with Crippen molar-refractivity contribution in [3.63, 3.8) is 0 Å². The number of esters is 1. The zero-order valence-corrected chi connectivity index (χ0v) is 22.3. The summed E-state index contributed by atoms with van der Waals surface area (Å²) in [7, 11) is 2.97. The summed E-state index contributed by atoms with van der Waals surface area (Å²) in [5.74, 6) is 2.32. The average Bonchev–Trinajstić information content (AvgIpc) is 2.91. The van der Waals surface area contributed by atoms with Gasteiger partial charge >= 0.3 is 5.97 Å². The molecule has 4 bridgehead atoms. The number of hydrogen-bond acceptors (Lipinski definition) is 7. The third-order valence-corrected chi connectivity index (χ3v) is 8.24. The number of hydrogen-bond donors (Lipinski definition) is 2. The first kappa shape index (κ1) is 26.6. The van der Waals surface area contributed by atoms with Crippen LogP contribution in [0.15, 0.2) is 60.4 Å². The lowest BCUT2D eigenvalue weighted by Gasteiger charge is -2.55. The number of aliphatic hydroxyl groups is 1. The molecule has 39 heavy (non-hydrogen) atoms. The fraction of sp³-hybridized carbons (Fsp3) is 0.375. The summed E-state index contributed by atoms with van der Waals surface area (Å²) in [6.45, 7) is 0. The standard InChI is InChI=1S/C32H34O7/c1-37-29-14-20(5-9-27(29)35)3-7-25(33)16-26(34)8-4-21-6-10-28(30(15-21)38-2)39-31(36)32-17-22-11-23(18-32)13-24(12-22)19-32/h3-10,14-16,22-24,34-35H,11-13,17-19H2,1-2H3/b7-3+,8-4+,26-16-. The first-order chi connectivity index (χ1) is 18.8. The monoisotopic (exact) mass is 530 g/mol. The zero-order valence-electron chi connectivity index (χ0n) is 22.3. The van der Waals surface area contributed by atoms with Gasteiger partial charge in [-0.1, -0.05) is 24.3 Å². The van der Waals surface area contributed by atoms with Crippen molar-refractivity contribution >= 4 is 23.9 Å². The molecule has 2 aromatic rings. The van der Waals surface area contributed by atoms with Crippen LogP contribution in [0.5, 0.6) is 23.0 Å². The normalized spacial score (nSPS) is 25.8. The summed E-state index contributed by atoms with van der Waals surface area (Å²) in [4.78, 5) is 25.6. The van der Waals surface area contributed by atoms with Gasteiger partial charge in [-0.25, -0.2) is 0 Å². The zero-order chi connectivity index (χ0) is 27.6. The van der Waals surface area contributed by atoms with Crippen LogP contribution >= 0.6 is 0 Å². The lowest BCUT2D eigenvalue weighted by atomic mass is 9.49. The molecule has 2 aromatic carbocycles. The van der Waals surface area contributed by atoms with E-state index in [1.165, 1.54) is 51.7 Å². The number of ether oxygens (including phenoxy) is 3. The van der Waals surface area contributed by atoms with Gasteiger partial charge in [0.2, 0.25) is 0 Å². The number of ketones is 1. The molecule has 4 aliphatic rings. The molecule has 0 spiro atoms. The van der Waals surface area contributed by atoms with Crippen LogP contribution in [0.3, 0.4) is 0 Å². The first-order valence-corrected chi connectivity index (χ1v) is 13.3. The Balaban J connectivity index is 1.22. The highest BCUT2D eigenvalue weighted by molar-refractivity contribution is 6.02. The summed E-state index contributed by atoms with van der Waals surface area (Å²) in [5.41, 5.74) is 1.02. The van der Waals surface area contributed by atoms with E-state index >= 15 is 0 Å². The Hall–Kier alpha value is -4.00. The molecule has 204 valence electrons. The van der Waals surface area contributed by atoms with Gasteiger partial charge in [-0.05, 0) is 104 Å². The molecule has 0 aliphatic heterocycles. The van der Waals surface area contributed by atoms with E-state index in [1.54, 1.807) is 42.5 Å². The van der Waals surface area contributed by atoms with Crippen LogP contribution in [-0.2, 0) is 9.59 Å². The van der Waals surface area contributed by atoms with Gasteiger partial charge in [0.05, 0.1) is 19.6 Å². The van der Waals surface area contributed by atoms with Gasteiger partial charge in [0.1, 0.15) is 5.76 Å². The highest BCUT2D eigenvalue weighted by Crippen LogP contribution is 2.60. The topological polar surface area (TPSA) is 102 Å². The van der Waals surface area contributed by atoms with E-state index in [0.29, 0.717) is 46.1 Å². The number of carbonyl (C=O) groups is 2. The van der Waals surface area contributed by atoms with Crippen LogP contribution in [0, 0.1) is 23.2 Å². The molecule has 4 fully saturated rings. The van der Waals surface area contributed by atoms with E-state index in [4.69, 9.17) is 14.2 Å². The van der Waals surface area contributed by atoms with Crippen molar-refractivity contribution in [2.24, 2.45) is 23.2 Å². The molecule has 0 aromatic heterocycles. The van der Waals surface area contributed by atoms with Gasteiger partial charge < -0.3 is 24.4 Å². The summed E-state index contributed by atoms with van der Waals surface area (Å²) < 4.78 is 16.5. The van der Waals surface area contributed by atoms with Crippen LogP contribution in [-0.4, -0.2) is 36.2 Å². The van der Waals surface area contributed by atoms with Crippen LogP contribution in [0.25, 0.3) is 12.2 Å². The minimum atomic E-state index is -0.409. The third kappa shape index (κ3) is 5.87. The van der Waals surface area contributed by atoms with E-state index in [0.717, 1.165) is 25.3 Å². The smallest absolute Gasteiger partial charge is 0.317 e. The predicted octanol–water partition coefficient (Wildman–Crippen LogP) is 6.27. The van der Waals surface area contributed by atoms with Crippen molar-refractivity contribution in [3.05, 3.63) is 71.5 Å². The molecule has 2 N–H and O–H groups in total. The van der Waals surface area contributed by atoms with Crippen LogP contribution < -0.4 is 14.2 Å². The maximum atomic E-state index is 13.3. The Morgan fingerprint density at radius 2 is 1.38 bits per heavy atom. The number of allylic oxidation sites excluding steroid dienone is 3. The molecule has 4 aliphatic carbocycles. The molecule has 0 unspecified atom stereocenters. The molecule has 0 atom stereocenters. The van der Waals surface area contributed by atoms with Gasteiger partial charge in [0, 0.05) is 6.08 Å². The van der Waals surface area contributed by atoms with Crippen molar-refractivity contribution in [2.45, 2.75) is 38.5 Å². The Labute approximate surface area is 228 Å². The minimum Gasteiger partial charge on any atom is -0.508 e. The van der Waals surface area contributed by atoms with E-state index in [1.807, 2.05) is 0 Å². The number of aromatic hydroxyl groups is 1. The molecule has 4 saturated carbocycles. The maximum Gasteiger partial charge on any atom is 0.317 e. The number of carbonyl (C=O) groups excluding carboxylic acids is 2. The Morgan fingerprint density at radius 1 is 0.821 bits per heavy atom. The molecule has 6 rings (SSSR count). The Morgan fingerprint density at radius 3 is 2.00 bits per heavy atom. The minimum absolute atomic E-state index is 0.00842. The van der Waals surface area contributed by atoms with Gasteiger partial charge in [-0.15, -0.1) is 0 Å². The Kier molecular flexibility index (Phi) is 7.51. The van der Waals surface area contributed by atoms with Gasteiger partial charge in [0.25, 0.3) is 0 Å². The van der Waals surface area contributed by atoms with Crippen LogP contribution in [0.1, 0.15) is 49.7 Å². The summed E-state index contributed by atoms with van der Waals surface area (Å²) in [5, 5.41) is 19.9. The number of phenols is 1. The predicted molar refractivity (Wildman–Crippen MR) is 148 cm³/mol. The highest BCUT2D eigenvalue weighted by atomic mass is 16.6. The van der Waals surface area contributed by atoms with Gasteiger partial charge in [-0.2, -0.15) is 0 Å². The van der Waals surface area contributed by atoms with Crippen molar-refractivity contribution < 1.29 is 34.0 Å². The number of rotatable bonds is 9. The lowest BCUT2D eigenvalue weighted by molar-refractivity contribution is -0.161. The average molecular weight is 531 g/mol. The molecular formula is C32H34O7. The van der Waals surface area contributed by atoms with Crippen molar-refractivity contribution in [1.29, 1.82) is 0 Å². The maximum absolute atomic E-state index is 13.3. The number of phenolic OH excluding ortho intramolecular Hbond substituents is 1. The van der Waals surface area contributed by atoms with Gasteiger partial charge in [0.15, 0.2) is 28.8 Å². The Bertz CT molecular complexity index is 1310. The highest BCUT2D eigenvalue weighted by Gasteiger charge is 2.55. The molecule has 7 nitrogen and oxygen atoms in total. The van der Waals surface area contributed by atoms with E-state index in [-0.39, 0.29) is 22.9 Å². The van der Waals surface area contributed by atoms with E-state index in [2.05, 4.69) is 0 Å². The van der Waals surface area contributed by atoms with Crippen LogP contribution in [0.2, 0.25) is 0 Å². The fourth-order valence-electron chi connectivity index (χ4n) is 6.84. The number of aliphatic hydroxyl groups excluding tert-OH is 1. The molecule has 0 radical (unpaired) electrons. The second kappa shape index (κ2) is 11.0. The lowest BCUT2D eigenvalue weighted by Crippen LogP contribution is -2.51.